The zero-order valence-corrected chi connectivity index (χ0v) is 11.4. The summed E-state index contributed by atoms with van der Waals surface area (Å²) in [6, 6.07) is 0.661. The van der Waals surface area contributed by atoms with E-state index in [0.29, 0.717) is 13.0 Å². The Morgan fingerprint density at radius 2 is 2.20 bits per heavy atom. The van der Waals surface area contributed by atoms with Crippen LogP contribution in [0.1, 0.15) is 18.4 Å². The van der Waals surface area contributed by atoms with E-state index in [2.05, 4.69) is 10.3 Å². The molecule has 1 aromatic rings. The maximum absolute atomic E-state index is 12.5. The van der Waals surface area contributed by atoms with Gasteiger partial charge in [-0.1, -0.05) is 11.6 Å². The molecule has 1 unspecified atom stereocenters. The number of hydrogen-bond acceptors (Lipinski definition) is 3. The Hall–Kier alpha value is -1.50. The molecule has 8 heteroatoms. The van der Waals surface area contributed by atoms with Crippen molar-refractivity contribution in [1.29, 1.82) is 0 Å². The summed E-state index contributed by atoms with van der Waals surface area (Å²) in [6.07, 6.45) is -2.78. The van der Waals surface area contributed by atoms with Crippen LogP contribution in [-0.2, 0) is 11.0 Å². The molecule has 1 fully saturated rings. The molecule has 0 aliphatic carbocycles. The van der Waals surface area contributed by atoms with Gasteiger partial charge in [-0.2, -0.15) is 13.2 Å². The second-order valence-electron chi connectivity index (χ2n) is 4.70. The third kappa shape index (κ3) is 3.33. The maximum atomic E-state index is 12.5. The van der Waals surface area contributed by atoms with Crippen molar-refractivity contribution in [3.63, 3.8) is 0 Å². The highest BCUT2D eigenvalue weighted by atomic mass is 35.5. The zero-order chi connectivity index (χ0) is 14.9. The van der Waals surface area contributed by atoms with Gasteiger partial charge in [-0.05, 0) is 12.5 Å². The van der Waals surface area contributed by atoms with E-state index in [-0.39, 0.29) is 29.2 Å². The maximum Gasteiger partial charge on any atom is 0.417 e. The SMILES string of the molecule is CN1CCC(Nc2ncc(C(F)(F)F)cc2Cl)CC1=O. The fourth-order valence-electron chi connectivity index (χ4n) is 1.96. The Balaban J connectivity index is 2.09. The number of halogens is 4. The highest BCUT2D eigenvalue weighted by Gasteiger charge is 2.32. The van der Waals surface area contributed by atoms with Gasteiger partial charge in [0.25, 0.3) is 0 Å². The predicted molar refractivity (Wildman–Crippen MR) is 68.5 cm³/mol. The third-order valence-corrected chi connectivity index (χ3v) is 3.46. The van der Waals surface area contributed by atoms with Crippen LogP contribution in [0.4, 0.5) is 19.0 Å². The van der Waals surface area contributed by atoms with Crippen LogP contribution in [0.25, 0.3) is 0 Å². The van der Waals surface area contributed by atoms with Crippen LogP contribution in [0.15, 0.2) is 12.3 Å². The normalized spacial score (nSPS) is 20.1. The van der Waals surface area contributed by atoms with Crippen LogP contribution < -0.4 is 5.32 Å². The fraction of sp³-hybridized carbons (Fsp3) is 0.500. The standard InChI is InChI=1S/C12H13ClF3N3O/c1-19-3-2-8(5-10(19)20)18-11-9(13)4-7(6-17-11)12(14,15)16/h4,6,8H,2-3,5H2,1H3,(H,17,18). The number of nitrogens with zero attached hydrogens (tertiary/aromatic N) is 2. The Morgan fingerprint density at radius 1 is 1.50 bits per heavy atom. The monoisotopic (exact) mass is 307 g/mol. The number of piperidine rings is 1. The Morgan fingerprint density at radius 3 is 2.75 bits per heavy atom. The van der Waals surface area contributed by atoms with Crippen molar-refractivity contribution in [2.24, 2.45) is 0 Å². The topological polar surface area (TPSA) is 45.2 Å². The Kier molecular flexibility index (Phi) is 4.08. The average molecular weight is 308 g/mol. The molecular formula is C12H13ClF3N3O. The summed E-state index contributed by atoms with van der Waals surface area (Å²) >= 11 is 5.80. The van der Waals surface area contributed by atoms with Gasteiger partial charge >= 0.3 is 6.18 Å². The molecular weight excluding hydrogens is 295 g/mol. The van der Waals surface area contributed by atoms with Crippen LogP contribution in [-0.4, -0.2) is 35.4 Å². The van der Waals surface area contributed by atoms with Crippen molar-refractivity contribution in [3.05, 3.63) is 22.8 Å². The molecule has 0 spiro atoms. The molecule has 0 saturated carbocycles. The number of rotatable bonds is 2. The summed E-state index contributed by atoms with van der Waals surface area (Å²) in [7, 11) is 1.71. The number of likely N-dealkylation sites (tertiary alicyclic amines) is 1. The number of carbonyl (C=O) groups is 1. The van der Waals surface area contributed by atoms with E-state index in [1.54, 1.807) is 11.9 Å². The lowest BCUT2D eigenvalue weighted by molar-refractivity contribution is -0.137. The van der Waals surface area contributed by atoms with Crippen molar-refractivity contribution in [2.45, 2.75) is 25.1 Å². The number of pyridine rings is 1. The van der Waals surface area contributed by atoms with Gasteiger partial charge in [0.1, 0.15) is 5.82 Å². The van der Waals surface area contributed by atoms with Crippen molar-refractivity contribution >= 4 is 23.3 Å². The second kappa shape index (κ2) is 5.47. The molecule has 4 nitrogen and oxygen atoms in total. The summed E-state index contributed by atoms with van der Waals surface area (Å²) < 4.78 is 37.4. The molecule has 1 aliphatic rings. The van der Waals surface area contributed by atoms with E-state index in [4.69, 9.17) is 11.6 Å². The summed E-state index contributed by atoms with van der Waals surface area (Å²) in [5.74, 6) is 0.152. The minimum Gasteiger partial charge on any atom is -0.366 e. The van der Waals surface area contributed by atoms with Gasteiger partial charge in [-0.3, -0.25) is 4.79 Å². The molecule has 2 heterocycles. The molecule has 110 valence electrons. The van der Waals surface area contributed by atoms with Crippen molar-refractivity contribution in [3.8, 4) is 0 Å². The molecule has 1 amide bonds. The molecule has 0 aromatic carbocycles. The number of amides is 1. The molecule has 20 heavy (non-hydrogen) atoms. The molecule has 1 aromatic heterocycles. The van der Waals surface area contributed by atoms with Gasteiger partial charge in [0.05, 0.1) is 10.6 Å². The van der Waals surface area contributed by atoms with Crippen molar-refractivity contribution < 1.29 is 18.0 Å². The quantitative estimate of drug-likeness (QED) is 0.914. The number of carbonyl (C=O) groups excluding carboxylic acids is 1. The van der Waals surface area contributed by atoms with Crippen molar-refractivity contribution in [2.75, 3.05) is 18.9 Å². The van der Waals surface area contributed by atoms with E-state index in [0.717, 1.165) is 12.3 Å². The molecule has 1 saturated heterocycles. The Labute approximate surface area is 118 Å². The summed E-state index contributed by atoms with van der Waals surface area (Å²) in [5.41, 5.74) is -0.896. The van der Waals surface area contributed by atoms with Gasteiger partial charge in [-0.15, -0.1) is 0 Å². The van der Waals surface area contributed by atoms with E-state index >= 15 is 0 Å². The fourth-order valence-corrected chi connectivity index (χ4v) is 2.18. The number of hydrogen-bond donors (Lipinski definition) is 1. The third-order valence-electron chi connectivity index (χ3n) is 3.17. The van der Waals surface area contributed by atoms with Gasteiger partial charge in [0.2, 0.25) is 5.91 Å². The minimum atomic E-state index is -4.47. The summed E-state index contributed by atoms with van der Waals surface area (Å²) in [5, 5.41) is 2.82. The van der Waals surface area contributed by atoms with E-state index in [9.17, 15) is 18.0 Å². The first-order valence-corrected chi connectivity index (χ1v) is 6.38. The molecule has 0 bridgehead atoms. The zero-order valence-electron chi connectivity index (χ0n) is 10.7. The first kappa shape index (κ1) is 14.9. The van der Waals surface area contributed by atoms with Crippen LogP contribution in [0.3, 0.4) is 0 Å². The second-order valence-corrected chi connectivity index (χ2v) is 5.11. The van der Waals surface area contributed by atoms with E-state index < -0.39 is 11.7 Å². The van der Waals surface area contributed by atoms with Crippen molar-refractivity contribution in [1.82, 2.24) is 9.88 Å². The van der Waals surface area contributed by atoms with Gasteiger partial charge in [-0.25, -0.2) is 4.98 Å². The lowest BCUT2D eigenvalue weighted by Crippen LogP contribution is -2.41. The summed E-state index contributed by atoms with van der Waals surface area (Å²) in [6.45, 7) is 0.592. The van der Waals surface area contributed by atoms with Gasteiger partial charge in [0.15, 0.2) is 0 Å². The molecule has 0 radical (unpaired) electrons. The highest BCUT2D eigenvalue weighted by molar-refractivity contribution is 6.33. The minimum absolute atomic E-state index is 0.0169. The van der Waals surface area contributed by atoms with Crippen LogP contribution in [0.5, 0.6) is 0 Å². The molecule has 1 atom stereocenters. The first-order valence-electron chi connectivity index (χ1n) is 6.00. The summed E-state index contributed by atoms with van der Waals surface area (Å²) in [4.78, 5) is 16.9. The molecule has 2 rings (SSSR count). The largest absolute Gasteiger partial charge is 0.417 e. The average Bonchev–Trinajstić information content (AvgIpc) is 2.35. The number of nitrogens with one attached hydrogen (secondary N) is 1. The van der Waals surface area contributed by atoms with Gasteiger partial charge in [0, 0.05) is 32.3 Å². The Bertz CT molecular complexity index is 521. The molecule has 1 N–H and O–H groups in total. The first-order chi connectivity index (χ1) is 9.27. The van der Waals surface area contributed by atoms with Crippen LogP contribution in [0, 0.1) is 0 Å². The van der Waals surface area contributed by atoms with E-state index in [1.165, 1.54) is 0 Å². The highest BCUT2D eigenvalue weighted by Crippen LogP contribution is 2.32. The van der Waals surface area contributed by atoms with E-state index in [1.807, 2.05) is 0 Å². The molecule has 1 aliphatic heterocycles. The smallest absolute Gasteiger partial charge is 0.366 e. The lowest BCUT2D eigenvalue weighted by Gasteiger charge is -2.29. The number of aromatic nitrogens is 1. The lowest BCUT2D eigenvalue weighted by atomic mass is 10.0. The number of alkyl halides is 3. The predicted octanol–water partition coefficient (Wildman–Crippen LogP) is 2.79. The van der Waals surface area contributed by atoms with Crippen LogP contribution in [0.2, 0.25) is 5.02 Å². The van der Waals surface area contributed by atoms with Crippen LogP contribution >= 0.6 is 11.6 Å². The number of anilines is 1. The van der Waals surface area contributed by atoms with Gasteiger partial charge < -0.3 is 10.2 Å².